The summed E-state index contributed by atoms with van der Waals surface area (Å²) in [5, 5.41) is 11.5. The van der Waals surface area contributed by atoms with E-state index in [9.17, 15) is 29.1 Å². The number of β-lactam (4-membered cyclic amide) rings is 1. The third-order valence-corrected chi connectivity index (χ3v) is 5.06. The van der Waals surface area contributed by atoms with Gasteiger partial charge >= 0.3 is 17.9 Å². The second-order valence-electron chi connectivity index (χ2n) is 5.47. The van der Waals surface area contributed by atoms with Crippen molar-refractivity contribution in [3.8, 4) is 0 Å². The molecular weight excluding hydrogens is 364 g/mol. The van der Waals surface area contributed by atoms with E-state index < -0.39 is 35.2 Å². The van der Waals surface area contributed by atoms with Crippen LogP contribution in [0, 0.1) is 0 Å². The number of nitrogens with zero attached hydrogens (tertiary/aromatic N) is 1. The van der Waals surface area contributed by atoms with Crippen LogP contribution in [0.5, 0.6) is 0 Å². The van der Waals surface area contributed by atoms with Crippen LogP contribution in [-0.4, -0.2) is 56.9 Å². The highest BCUT2D eigenvalue weighted by molar-refractivity contribution is 8.00. The molecule has 0 aliphatic carbocycles. The normalized spacial score (nSPS) is 21.9. The van der Waals surface area contributed by atoms with E-state index >= 15 is 0 Å². The largest absolute Gasteiger partial charge is 0.477 e. The van der Waals surface area contributed by atoms with Gasteiger partial charge in [-0.3, -0.25) is 19.3 Å². The number of hydrogen-bond acceptors (Lipinski definition) is 7. The highest BCUT2D eigenvalue weighted by Crippen LogP contribution is 2.40. The van der Waals surface area contributed by atoms with E-state index in [0.29, 0.717) is 0 Å². The Bertz CT molecular complexity index is 728. The van der Waals surface area contributed by atoms with Crippen molar-refractivity contribution in [1.82, 2.24) is 10.2 Å². The van der Waals surface area contributed by atoms with E-state index in [1.54, 1.807) is 6.92 Å². The molecule has 1 unspecified atom stereocenters. The number of hydrogen-bond donors (Lipinski definition) is 2. The molecule has 2 amide bonds. The number of carboxylic acids is 1. The Morgan fingerprint density at radius 3 is 2.58 bits per heavy atom. The van der Waals surface area contributed by atoms with E-state index in [1.165, 1.54) is 24.8 Å². The molecule has 1 fully saturated rings. The molecule has 0 saturated carbocycles. The van der Waals surface area contributed by atoms with Crippen molar-refractivity contribution in [2.24, 2.45) is 0 Å². The lowest BCUT2D eigenvalue weighted by Crippen LogP contribution is -2.70. The van der Waals surface area contributed by atoms with Gasteiger partial charge in [0.15, 0.2) is 0 Å². The maximum Gasteiger partial charge on any atom is 0.352 e. The predicted octanol–water partition coefficient (Wildman–Crippen LogP) is 0.171. The Hall–Kier alpha value is -2.62. The van der Waals surface area contributed by atoms with Crippen LogP contribution in [0.15, 0.2) is 23.4 Å². The third kappa shape index (κ3) is 3.96. The van der Waals surface area contributed by atoms with Gasteiger partial charge in [0.2, 0.25) is 5.91 Å². The molecule has 0 aromatic heterocycles. The van der Waals surface area contributed by atoms with Crippen LogP contribution in [-0.2, 0) is 28.7 Å². The van der Waals surface area contributed by atoms with Gasteiger partial charge in [0.1, 0.15) is 17.1 Å². The van der Waals surface area contributed by atoms with Crippen molar-refractivity contribution >= 4 is 41.5 Å². The molecular formula is C16H18N2O7S. The first-order valence-corrected chi connectivity index (χ1v) is 8.98. The topological polar surface area (TPSA) is 130 Å². The Morgan fingerprint density at radius 1 is 1.31 bits per heavy atom. The highest BCUT2D eigenvalue weighted by atomic mass is 32.2. The molecule has 140 valence electrons. The fourth-order valence-electron chi connectivity index (χ4n) is 2.43. The van der Waals surface area contributed by atoms with Crippen molar-refractivity contribution in [1.29, 1.82) is 0 Å². The number of nitrogens with one attached hydrogen (secondary N) is 1. The fraction of sp³-hybridized carbons (Fsp3) is 0.438. The Labute approximate surface area is 153 Å². The summed E-state index contributed by atoms with van der Waals surface area (Å²) in [5.41, 5.74) is -0.000110. The number of ether oxygens (including phenoxy) is 1. The predicted molar refractivity (Wildman–Crippen MR) is 90.5 cm³/mol. The van der Waals surface area contributed by atoms with Gasteiger partial charge in [0.25, 0.3) is 5.91 Å². The molecule has 26 heavy (non-hydrogen) atoms. The smallest absolute Gasteiger partial charge is 0.352 e. The molecule has 9 nitrogen and oxygen atoms in total. The van der Waals surface area contributed by atoms with Gasteiger partial charge in [-0.05, 0) is 11.6 Å². The van der Waals surface area contributed by atoms with Crippen LogP contribution in [0.2, 0.25) is 0 Å². The molecule has 0 radical (unpaired) electrons. The van der Waals surface area contributed by atoms with Crippen LogP contribution in [0.25, 0.3) is 0 Å². The minimum Gasteiger partial charge on any atom is -0.477 e. The van der Waals surface area contributed by atoms with Crippen molar-refractivity contribution in [2.45, 2.75) is 38.1 Å². The molecule has 2 aliphatic heterocycles. The Kier molecular flexibility index (Phi) is 6.19. The van der Waals surface area contributed by atoms with E-state index in [-0.39, 0.29) is 35.8 Å². The lowest BCUT2D eigenvalue weighted by Gasteiger charge is -2.49. The summed E-state index contributed by atoms with van der Waals surface area (Å²) in [4.78, 5) is 59.1. The molecule has 0 bridgehead atoms. The quantitative estimate of drug-likeness (QED) is 0.288. The van der Waals surface area contributed by atoms with Crippen LogP contribution < -0.4 is 5.32 Å². The average Bonchev–Trinajstić information content (AvgIpc) is 2.62. The van der Waals surface area contributed by atoms with Crippen molar-refractivity contribution in [3.05, 3.63) is 23.4 Å². The maximum atomic E-state index is 12.3. The van der Waals surface area contributed by atoms with Gasteiger partial charge in [-0.2, -0.15) is 0 Å². The molecule has 1 saturated heterocycles. The van der Waals surface area contributed by atoms with Crippen LogP contribution in [0.3, 0.4) is 0 Å². The number of esters is 2. The molecule has 2 N–H and O–H groups in total. The first-order valence-electron chi connectivity index (χ1n) is 7.93. The summed E-state index contributed by atoms with van der Waals surface area (Å²) in [5.74, 6) is -3.52. The molecule has 2 rings (SSSR count). The van der Waals surface area contributed by atoms with Gasteiger partial charge in [0.05, 0.1) is 0 Å². The summed E-state index contributed by atoms with van der Waals surface area (Å²) in [6.07, 6.45) is 2.43. The third-order valence-electron chi connectivity index (χ3n) is 3.76. The second-order valence-corrected chi connectivity index (χ2v) is 6.57. The van der Waals surface area contributed by atoms with Gasteiger partial charge in [0, 0.05) is 24.7 Å². The molecule has 2 heterocycles. The van der Waals surface area contributed by atoms with Crippen LogP contribution >= 0.6 is 11.8 Å². The monoisotopic (exact) mass is 382 g/mol. The Balaban J connectivity index is 2.18. The number of carbonyl (C=O) groups excluding carboxylic acids is 4. The number of thioether (sulfide) groups is 1. The minimum atomic E-state index is -1.32. The summed E-state index contributed by atoms with van der Waals surface area (Å²) in [6, 6.07) is -0.764. The minimum absolute atomic E-state index is 0.0351. The Morgan fingerprint density at radius 2 is 2.00 bits per heavy atom. The molecule has 0 aromatic rings. The molecule has 2 atom stereocenters. The molecule has 2 aliphatic rings. The zero-order chi connectivity index (χ0) is 19.4. The van der Waals surface area contributed by atoms with E-state index in [2.05, 4.69) is 10.1 Å². The number of rotatable bonds is 6. The van der Waals surface area contributed by atoms with Crippen molar-refractivity contribution in [2.75, 3.05) is 5.75 Å². The second kappa shape index (κ2) is 8.17. The van der Waals surface area contributed by atoms with Gasteiger partial charge in [-0.1, -0.05) is 13.8 Å². The fourth-order valence-corrected chi connectivity index (χ4v) is 3.75. The summed E-state index contributed by atoms with van der Waals surface area (Å²) in [7, 11) is 0. The van der Waals surface area contributed by atoms with Crippen LogP contribution in [0.1, 0.15) is 26.7 Å². The molecule has 0 aromatic carbocycles. The number of fused-ring (bicyclic) bond motifs is 1. The average molecular weight is 382 g/mol. The van der Waals surface area contributed by atoms with E-state index in [1.807, 2.05) is 0 Å². The zero-order valence-electron chi connectivity index (χ0n) is 14.2. The maximum absolute atomic E-state index is 12.3. The zero-order valence-corrected chi connectivity index (χ0v) is 15.0. The number of allylic oxidation sites excluding steroid dienone is 1. The summed E-state index contributed by atoms with van der Waals surface area (Å²) >= 11 is 1.28. The molecule has 0 spiro atoms. The SMILES string of the molecule is CCC(=O)NC1C(=O)N2C(C(=O)O)=C(C=CC(=O)OC(=O)CC)CS[C@H]12. The first kappa shape index (κ1) is 19.7. The van der Waals surface area contributed by atoms with E-state index in [4.69, 9.17) is 0 Å². The first-order chi connectivity index (χ1) is 12.3. The van der Waals surface area contributed by atoms with Crippen LogP contribution in [0.4, 0.5) is 0 Å². The standard InChI is InChI=1S/C16H18N2O7S/c1-3-9(19)17-12-14(22)18-13(16(23)24)8(7-26-15(12)18)5-6-11(21)25-10(20)4-2/h5-6,12,15H,3-4,7H2,1-2H3,(H,17,19)(H,23,24)/t12?,15-/m1/s1. The number of amides is 2. The van der Waals surface area contributed by atoms with Gasteiger partial charge < -0.3 is 15.2 Å². The lowest BCUT2D eigenvalue weighted by atomic mass is 10.0. The van der Waals surface area contributed by atoms with E-state index in [0.717, 1.165) is 11.0 Å². The molecule has 10 heteroatoms. The van der Waals surface area contributed by atoms with Gasteiger partial charge in [-0.15, -0.1) is 11.8 Å². The lowest BCUT2D eigenvalue weighted by molar-refractivity contribution is -0.156. The summed E-state index contributed by atoms with van der Waals surface area (Å²) in [6.45, 7) is 3.18. The number of carbonyl (C=O) groups is 5. The number of aliphatic carboxylic acids is 1. The summed E-state index contributed by atoms with van der Waals surface area (Å²) < 4.78 is 4.47. The van der Waals surface area contributed by atoms with Crippen molar-refractivity contribution in [3.63, 3.8) is 0 Å². The highest BCUT2D eigenvalue weighted by Gasteiger charge is 2.53. The van der Waals surface area contributed by atoms with Crippen molar-refractivity contribution < 1.29 is 33.8 Å². The number of carboxylic acid groups (broad SMARTS) is 1. The van der Waals surface area contributed by atoms with Gasteiger partial charge in [-0.25, -0.2) is 9.59 Å².